The van der Waals surface area contributed by atoms with Crippen molar-refractivity contribution in [3.8, 4) is 0 Å². The topological polar surface area (TPSA) is 117 Å². The van der Waals surface area contributed by atoms with Gasteiger partial charge in [-0.15, -0.1) is 0 Å². The Morgan fingerprint density at radius 1 is 0.674 bits per heavy atom. The highest BCUT2D eigenvalue weighted by Gasteiger charge is 2.25. The molecule has 2 atom stereocenters. The number of carbonyl (C=O) groups is 1. The van der Waals surface area contributed by atoms with Gasteiger partial charge in [0.2, 0.25) is 0 Å². The summed E-state index contributed by atoms with van der Waals surface area (Å²) in [5, 5.41) is 0. The molecule has 0 saturated carbocycles. The number of esters is 1. The van der Waals surface area contributed by atoms with Crippen LogP contribution in [0, 0.1) is 0 Å². The Balaban J connectivity index is 4.25. The highest BCUT2D eigenvalue weighted by atomic mass is 31.2. The molecule has 0 rings (SSSR count). The monoisotopic (exact) mass is 667 g/mol. The standard InChI is InChI=1S/C37H66NO7P/c1-3-5-7-9-11-13-15-17-19-21-23-25-27-29-32-42-34-36(35-44-46(40,41)43-33-31-38)45-37(39)30-28-26-24-22-20-18-16-14-12-10-8-6-4-2/h5,7,11,13-14,16-17,19,23,25,36H,3-4,6,8-10,12,15,18,20-22,24,26-35,38H2,1-2H3,(H,40,41)/b7-5-,13-11-,16-14-,19-17-,25-23-. The summed E-state index contributed by atoms with van der Waals surface area (Å²) in [6.45, 7) is 4.59. The van der Waals surface area contributed by atoms with Crippen LogP contribution in [0.2, 0.25) is 0 Å². The predicted octanol–water partition coefficient (Wildman–Crippen LogP) is 9.85. The zero-order valence-corrected chi connectivity index (χ0v) is 29.9. The van der Waals surface area contributed by atoms with Crippen molar-refractivity contribution in [2.75, 3.05) is 33.0 Å². The molecule has 0 aliphatic rings. The highest BCUT2D eigenvalue weighted by molar-refractivity contribution is 7.47. The van der Waals surface area contributed by atoms with Crippen molar-refractivity contribution in [1.82, 2.24) is 0 Å². The Morgan fingerprint density at radius 2 is 1.22 bits per heavy atom. The molecule has 0 fully saturated rings. The summed E-state index contributed by atoms with van der Waals surface area (Å²) in [5.41, 5.74) is 5.34. The molecule has 9 heteroatoms. The van der Waals surface area contributed by atoms with E-state index in [2.05, 4.69) is 74.6 Å². The third kappa shape index (κ3) is 33.6. The number of hydrogen-bond donors (Lipinski definition) is 2. The van der Waals surface area contributed by atoms with Gasteiger partial charge in [0.15, 0.2) is 0 Å². The minimum absolute atomic E-state index is 0.0724. The lowest BCUT2D eigenvalue weighted by atomic mass is 10.1. The third-order valence-electron chi connectivity index (χ3n) is 6.92. The van der Waals surface area contributed by atoms with Gasteiger partial charge in [-0.3, -0.25) is 13.8 Å². The average Bonchev–Trinajstić information content (AvgIpc) is 3.04. The van der Waals surface area contributed by atoms with Crippen LogP contribution in [0.15, 0.2) is 60.8 Å². The van der Waals surface area contributed by atoms with E-state index in [-0.39, 0.29) is 32.3 Å². The van der Waals surface area contributed by atoms with Gasteiger partial charge < -0.3 is 20.1 Å². The molecule has 2 unspecified atom stereocenters. The van der Waals surface area contributed by atoms with Gasteiger partial charge in [0.1, 0.15) is 6.10 Å². The van der Waals surface area contributed by atoms with Crippen LogP contribution in [0.25, 0.3) is 0 Å². The molecule has 0 aromatic rings. The molecule has 46 heavy (non-hydrogen) atoms. The largest absolute Gasteiger partial charge is 0.472 e. The fourth-order valence-corrected chi connectivity index (χ4v) is 5.11. The van der Waals surface area contributed by atoms with Crippen LogP contribution in [0.4, 0.5) is 0 Å². The van der Waals surface area contributed by atoms with Crippen LogP contribution >= 0.6 is 7.82 Å². The van der Waals surface area contributed by atoms with Gasteiger partial charge in [0, 0.05) is 19.6 Å². The first-order valence-electron chi connectivity index (χ1n) is 17.8. The maximum Gasteiger partial charge on any atom is 0.472 e. The molecular formula is C37H66NO7P. The zero-order chi connectivity index (χ0) is 33.8. The van der Waals surface area contributed by atoms with E-state index in [1.54, 1.807) is 0 Å². The van der Waals surface area contributed by atoms with E-state index in [4.69, 9.17) is 24.3 Å². The van der Waals surface area contributed by atoms with Crippen molar-refractivity contribution in [3.63, 3.8) is 0 Å². The molecule has 0 aliphatic carbocycles. The lowest BCUT2D eigenvalue weighted by Crippen LogP contribution is -2.28. The van der Waals surface area contributed by atoms with Crippen LogP contribution in [-0.4, -0.2) is 49.9 Å². The summed E-state index contributed by atoms with van der Waals surface area (Å²) in [7, 11) is -4.29. The molecule has 0 aliphatic heterocycles. The Labute approximate surface area is 281 Å². The van der Waals surface area contributed by atoms with Crippen LogP contribution in [0.5, 0.6) is 0 Å². The quantitative estimate of drug-likeness (QED) is 0.0307. The molecule has 0 spiro atoms. The number of nitrogens with two attached hydrogens (primary N) is 1. The van der Waals surface area contributed by atoms with E-state index in [0.29, 0.717) is 13.0 Å². The average molecular weight is 668 g/mol. The fourth-order valence-electron chi connectivity index (χ4n) is 4.35. The molecule has 266 valence electrons. The van der Waals surface area contributed by atoms with Crippen molar-refractivity contribution >= 4 is 13.8 Å². The van der Waals surface area contributed by atoms with Gasteiger partial charge >= 0.3 is 13.8 Å². The molecule has 0 aromatic carbocycles. The summed E-state index contributed by atoms with van der Waals surface area (Å²) >= 11 is 0. The van der Waals surface area contributed by atoms with Crippen LogP contribution in [0.3, 0.4) is 0 Å². The third-order valence-corrected chi connectivity index (χ3v) is 7.90. The van der Waals surface area contributed by atoms with Gasteiger partial charge in [-0.25, -0.2) is 4.57 Å². The van der Waals surface area contributed by atoms with E-state index >= 15 is 0 Å². The number of hydrogen-bond acceptors (Lipinski definition) is 7. The summed E-state index contributed by atoms with van der Waals surface area (Å²) in [5.74, 6) is -0.362. The van der Waals surface area contributed by atoms with Crippen molar-refractivity contribution in [2.24, 2.45) is 5.73 Å². The molecular weight excluding hydrogens is 601 g/mol. The number of carbonyl (C=O) groups excluding carboxylic acids is 1. The lowest BCUT2D eigenvalue weighted by Gasteiger charge is -2.20. The Hall–Kier alpha value is -1.80. The SMILES string of the molecule is CC/C=C\C/C=C\C/C=C\C/C=C\CCCOCC(COP(=O)(O)OCCN)OC(=O)CCCCCCC/C=C\CCCCCC. The highest BCUT2D eigenvalue weighted by Crippen LogP contribution is 2.43. The first-order valence-corrected chi connectivity index (χ1v) is 19.3. The van der Waals surface area contributed by atoms with E-state index in [9.17, 15) is 14.3 Å². The van der Waals surface area contributed by atoms with Crippen LogP contribution in [-0.2, 0) is 27.9 Å². The number of phosphoric ester groups is 1. The van der Waals surface area contributed by atoms with E-state index in [1.165, 1.54) is 38.5 Å². The first-order chi connectivity index (χ1) is 22.4. The predicted molar refractivity (Wildman–Crippen MR) is 192 cm³/mol. The van der Waals surface area contributed by atoms with Crippen LogP contribution in [0.1, 0.15) is 129 Å². The van der Waals surface area contributed by atoms with E-state index < -0.39 is 13.9 Å². The molecule has 0 radical (unpaired) electrons. The Morgan fingerprint density at radius 3 is 1.85 bits per heavy atom. The summed E-state index contributed by atoms with van der Waals surface area (Å²) in [6.07, 6.45) is 39.6. The normalized spacial score (nSPS) is 14.4. The van der Waals surface area contributed by atoms with E-state index in [1.807, 2.05) is 0 Å². The minimum atomic E-state index is -4.29. The smallest absolute Gasteiger partial charge is 0.457 e. The molecule has 8 nitrogen and oxygen atoms in total. The van der Waals surface area contributed by atoms with Crippen molar-refractivity contribution in [3.05, 3.63) is 60.8 Å². The molecule has 0 amide bonds. The second kappa shape index (κ2) is 34.5. The number of allylic oxidation sites excluding steroid dienone is 10. The van der Waals surface area contributed by atoms with Gasteiger partial charge in [0.05, 0.1) is 19.8 Å². The van der Waals surface area contributed by atoms with Gasteiger partial charge in [0.25, 0.3) is 0 Å². The minimum Gasteiger partial charge on any atom is -0.457 e. The fraction of sp³-hybridized carbons (Fsp3) is 0.703. The molecule has 0 aromatic heterocycles. The maximum atomic E-state index is 12.5. The molecule has 0 heterocycles. The Bertz CT molecular complexity index is 885. The van der Waals surface area contributed by atoms with Gasteiger partial charge in [-0.05, 0) is 70.6 Å². The summed E-state index contributed by atoms with van der Waals surface area (Å²) in [6, 6.07) is 0. The maximum absolute atomic E-state index is 12.5. The molecule has 0 saturated heterocycles. The van der Waals surface area contributed by atoms with Crippen LogP contribution < -0.4 is 5.73 Å². The number of unbranched alkanes of at least 4 members (excludes halogenated alkanes) is 10. The lowest BCUT2D eigenvalue weighted by molar-refractivity contribution is -0.154. The second-order valence-corrected chi connectivity index (χ2v) is 12.8. The molecule has 3 N–H and O–H groups in total. The second-order valence-electron chi connectivity index (χ2n) is 11.3. The number of rotatable bonds is 33. The van der Waals surface area contributed by atoms with Crippen molar-refractivity contribution in [1.29, 1.82) is 0 Å². The number of ether oxygens (including phenoxy) is 2. The number of phosphoric acid groups is 1. The summed E-state index contributed by atoms with van der Waals surface area (Å²) < 4.78 is 33.1. The zero-order valence-electron chi connectivity index (χ0n) is 29.0. The molecule has 0 bridgehead atoms. The first kappa shape index (κ1) is 44.2. The van der Waals surface area contributed by atoms with Crippen molar-refractivity contribution in [2.45, 2.75) is 136 Å². The van der Waals surface area contributed by atoms with E-state index in [0.717, 1.165) is 70.6 Å². The van der Waals surface area contributed by atoms with Gasteiger partial charge in [-0.1, -0.05) is 113 Å². The summed E-state index contributed by atoms with van der Waals surface area (Å²) in [4.78, 5) is 22.3. The van der Waals surface area contributed by atoms with Gasteiger partial charge in [-0.2, -0.15) is 0 Å². The van der Waals surface area contributed by atoms with Crippen molar-refractivity contribution < 1.29 is 32.8 Å². The Kier molecular flexibility index (Phi) is 33.2.